The standard InChI is InChI=1S/C11H20ClN3O/c1-6-16-11(4,5)7-15-9(8(2)3)13-14-10(15)12/h8H,6-7H2,1-5H3. The number of rotatable bonds is 5. The van der Waals surface area contributed by atoms with Gasteiger partial charge in [0, 0.05) is 12.5 Å². The predicted octanol–water partition coefficient (Wildman–Crippen LogP) is 2.87. The summed E-state index contributed by atoms with van der Waals surface area (Å²) in [5, 5.41) is 8.42. The molecule has 0 aliphatic rings. The van der Waals surface area contributed by atoms with Crippen molar-refractivity contribution < 1.29 is 4.74 Å². The molecule has 0 aromatic carbocycles. The third kappa shape index (κ3) is 3.19. The zero-order valence-electron chi connectivity index (χ0n) is 10.6. The Morgan fingerprint density at radius 3 is 2.50 bits per heavy atom. The van der Waals surface area contributed by atoms with Gasteiger partial charge in [0.15, 0.2) is 0 Å². The van der Waals surface area contributed by atoms with Gasteiger partial charge in [-0.05, 0) is 32.4 Å². The van der Waals surface area contributed by atoms with Crippen LogP contribution in [0.4, 0.5) is 0 Å². The summed E-state index contributed by atoms with van der Waals surface area (Å²) in [6, 6.07) is 0. The van der Waals surface area contributed by atoms with Crippen LogP contribution >= 0.6 is 11.6 Å². The van der Waals surface area contributed by atoms with E-state index >= 15 is 0 Å². The zero-order chi connectivity index (χ0) is 12.3. The average Bonchev–Trinajstić information content (AvgIpc) is 2.47. The van der Waals surface area contributed by atoms with Gasteiger partial charge in [-0.15, -0.1) is 10.2 Å². The third-order valence-electron chi connectivity index (χ3n) is 2.32. The summed E-state index contributed by atoms with van der Waals surface area (Å²) < 4.78 is 7.58. The lowest BCUT2D eigenvalue weighted by molar-refractivity contribution is -0.0230. The van der Waals surface area contributed by atoms with Gasteiger partial charge in [0.25, 0.3) is 0 Å². The molecule has 0 bridgehead atoms. The smallest absolute Gasteiger partial charge is 0.225 e. The molecule has 0 unspecified atom stereocenters. The van der Waals surface area contributed by atoms with Crippen LogP contribution in [-0.4, -0.2) is 27.0 Å². The summed E-state index contributed by atoms with van der Waals surface area (Å²) in [7, 11) is 0. The molecule has 0 N–H and O–H groups in total. The fraction of sp³-hybridized carbons (Fsp3) is 0.818. The summed E-state index contributed by atoms with van der Waals surface area (Å²) in [6.07, 6.45) is 0. The van der Waals surface area contributed by atoms with Crippen LogP contribution in [0, 0.1) is 0 Å². The van der Waals surface area contributed by atoms with Crippen molar-refractivity contribution >= 4 is 11.6 Å². The average molecular weight is 246 g/mol. The highest BCUT2D eigenvalue weighted by Gasteiger charge is 2.23. The second-order valence-corrected chi connectivity index (χ2v) is 5.10. The van der Waals surface area contributed by atoms with Crippen molar-refractivity contribution in [1.82, 2.24) is 14.8 Å². The van der Waals surface area contributed by atoms with Gasteiger partial charge in [-0.3, -0.25) is 4.57 Å². The quantitative estimate of drug-likeness (QED) is 0.801. The highest BCUT2D eigenvalue weighted by Crippen LogP contribution is 2.21. The summed E-state index contributed by atoms with van der Waals surface area (Å²) in [6.45, 7) is 11.6. The number of hydrogen-bond donors (Lipinski definition) is 0. The lowest BCUT2D eigenvalue weighted by Gasteiger charge is -2.26. The summed E-state index contributed by atoms with van der Waals surface area (Å²) in [4.78, 5) is 0. The van der Waals surface area contributed by atoms with Crippen LogP contribution in [-0.2, 0) is 11.3 Å². The first-order valence-electron chi connectivity index (χ1n) is 5.60. The van der Waals surface area contributed by atoms with E-state index in [9.17, 15) is 0 Å². The molecule has 92 valence electrons. The second-order valence-electron chi connectivity index (χ2n) is 4.76. The van der Waals surface area contributed by atoms with Gasteiger partial charge in [-0.2, -0.15) is 0 Å². The van der Waals surface area contributed by atoms with Gasteiger partial charge < -0.3 is 4.74 Å². The first-order chi connectivity index (χ1) is 7.37. The van der Waals surface area contributed by atoms with E-state index in [1.807, 2.05) is 25.3 Å². The van der Waals surface area contributed by atoms with Crippen LogP contribution in [0.1, 0.15) is 46.4 Å². The molecule has 0 saturated heterocycles. The van der Waals surface area contributed by atoms with E-state index in [-0.39, 0.29) is 5.60 Å². The van der Waals surface area contributed by atoms with E-state index in [1.54, 1.807) is 0 Å². The maximum absolute atomic E-state index is 6.03. The number of aromatic nitrogens is 3. The molecule has 1 rings (SSSR count). The molecule has 1 heterocycles. The van der Waals surface area contributed by atoms with Gasteiger partial charge in [0.05, 0.1) is 12.1 Å². The fourth-order valence-electron chi connectivity index (χ4n) is 1.69. The minimum Gasteiger partial charge on any atom is -0.374 e. The lowest BCUT2D eigenvalue weighted by Crippen LogP contribution is -2.31. The molecule has 0 atom stereocenters. The predicted molar refractivity (Wildman–Crippen MR) is 64.8 cm³/mol. The number of halogens is 1. The molecule has 0 saturated carbocycles. The van der Waals surface area contributed by atoms with Gasteiger partial charge in [-0.25, -0.2) is 0 Å². The highest BCUT2D eigenvalue weighted by molar-refractivity contribution is 6.28. The Labute approximate surface area is 102 Å². The Balaban J connectivity index is 2.91. The van der Waals surface area contributed by atoms with Gasteiger partial charge in [0.2, 0.25) is 5.28 Å². The summed E-state index contributed by atoms with van der Waals surface area (Å²) >= 11 is 6.03. The van der Waals surface area contributed by atoms with Crippen LogP contribution in [0.3, 0.4) is 0 Å². The molecule has 0 fully saturated rings. The van der Waals surface area contributed by atoms with E-state index in [2.05, 4.69) is 24.0 Å². The third-order valence-corrected chi connectivity index (χ3v) is 2.60. The molecule has 0 amide bonds. The summed E-state index contributed by atoms with van der Waals surface area (Å²) in [5.74, 6) is 1.20. The van der Waals surface area contributed by atoms with Crippen molar-refractivity contribution in [2.24, 2.45) is 0 Å². The van der Waals surface area contributed by atoms with Crippen molar-refractivity contribution in [2.75, 3.05) is 6.61 Å². The molecule has 4 nitrogen and oxygen atoms in total. The van der Waals surface area contributed by atoms with Crippen molar-refractivity contribution in [3.05, 3.63) is 11.1 Å². The normalized spacial score (nSPS) is 12.4. The number of hydrogen-bond acceptors (Lipinski definition) is 3. The Hall–Kier alpha value is -0.610. The Morgan fingerprint density at radius 2 is 2.00 bits per heavy atom. The first kappa shape index (κ1) is 13.5. The molecule has 5 heteroatoms. The van der Waals surface area contributed by atoms with E-state index in [1.165, 1.54) is 0 Å². The van der Waals surface area contributed by atoms with Crippen molar-refractivity contribution in [3.63, 3.8) is 0 Å². The zero-order valence-corrected chi connectivity index (χ0v) is 11.4. The highest BCUT2D eigenvalue weighted by atomic mass is 35.5. The van der Waals surface area contributed by atoms with E-state index in [4.69, 9.17) is 16.3 Å². The Bertz CT molecular complexity index is 347. The molecule has 0 aliphatic heterocycles. The second kappa shape index (κ2) is 5.15. The van der Waals surface area contributed by atoms with Gasteiger partial charge in [0.1, 0.15) is 5.82 Å². The van der Waals surface area contributed by atoms with Crippen LogP contribution in [0.2, 0.25) is 5.28 Å². The van der Waals surface area contributed by atoms with Crippen molar-refractivity contribution in [3.8, 4) is 0 Å². The molecular weight excluding hydrogens is 226 g/mol. The lowest BCUT2D eigenvalue weighted by atomic mass is 10.1. The first-order valence-corrected chi connectivity index (χ1v) is 5.97. The number of ether oxygens (including phenoxy) is 1. The van der Waals surface area contributed by atoms with E-state index in [0.29, 0.717) is 24.4 Å². The van der Waals surface area contributed by atoms with Gasteiger partial charge in [-0.1, -0.05) is 13.8 Å². The minimum atomic E-state index is -0.260. The van der Waals surface area contributed by atoms with Crippen LogP contribution in [0.15, 0.2) is 0 Å². The molecule has 16 heavy (non-hydrogen) atoms. The molecule has 1 aromatic rings. The maximum atomic E-state index is 6.03. The van der Waals surface area contributed by atoms with E-state index < -0.39 is 0 Å². The molecule has 1 aromatic heterocycles. The van der Waals surface area contributed by atoms with Crippen molar-refractivity contribution in [1.29, 1.82) is 0 Å². The summed E-state index contributed by atoms with van der Waals surface area (Å²) in [5.41, 5.74) is -0.260. The SMILES string of the molecule is CCOC(C)(C)Cn1c(Cl)nnc1C(C)C. The maximum Gasteiger partial charge on any atom is 0.225 e. The molecule has 0 spiro atoms. The van der Waals surface area contributed by atoms with Crippen LogP contribution in [0.25, 0.3) is 0 Å². The molecule has 0 radical (unpaired) electrons. The Kier molecular flexibility index (Phi) is 4.33. The molecular formula is C11H20ClN3O. The number of nitrogens with zero attached hydrogens (tertiary/aromatic N) is 3. The topological polar surface area (TPSA) is 39.9 Å². The minimum absolute atomic E-state index is 0.260. The molecule has 0 aliphatic carbocycles. The fourth-order valence-corrected chi connectivity index (χ4v) is 1.87. The van der Waals surface area contributed by atoms with Crippen LogP contribution in [0.5, 0.6) is 0 Å². The van der Waals surface area contributed by atoms with Gasteiger partial charge >= 0.3 is 0 Å². The Morgan fingerprint density at radius 1 is 1.38 bits per heavy atom. The monoisotopic (exact) mass is 245 g/mol. The van der Waals surface area contributed by atoms with E-state index in [0.717, 1.165) is 5.82 Å². The largest absolute Gasteiger partial charge is 0.374 e. The van der Waals surface area contributed by atoms with Crippen LogP contribution < -0.4 is 0 Å². The van der Waals surface area contributed by atoms with Crippen molar-refractivity contribution in [2.45, 2.75) is 52.7 Å².